The van der Waals surface area contributed by atoms with E-state index in [2.05, 4.69) is 0 Å². The van der Waals surface area contributed by atoms with E-state index in [4.69, 9.17) is 21.1 Å². The zero-order valence-corrected chi connectivity index (χ0v) is 18.5. The molecule has 164 valence electrons. The molecule has 0 heterocycles. The Balaban J connectivity index is 1.58. The Hall–Kier alpha value is -3.11. The fourth-order valence-electron chi connectivity index (χ4n) is 3.75. The smallest absolute Gasteiger partial charge is 0.341 e. The molecule has 0 bridgehead atoms. The van der Waals surface area contributed by atoms with Gasteiger partial charge in [0.05, 0.1) is 7.11 Å². The summed E-state index contributed by atoms with van der Waals surface area (Å²) in [6.07, 6.45) is 4.02. The fraction of sp³-hybridized carbons (Fsp3) is 0.222. The fourth-order valence-corrected chi connectivity index (χ4v) is 3.87. The zero-order chi connectivity index (χ0) is 22.5. The van der Waals surface area contributed by atoms with E-state index in [9.17, 15) is 4.79 Å². The normalized spacial score (nSPS) is 14.7. The summed E-state index contributed by atoms with van der Waals surface area (Å²) in [5.41, 5.74) is 2.07. The van der Waals surface area contributed by atoms with Crippen LogP contribution in [-0.4, -0.2) is 13.1 Å². The molecule has 1 fully saturated rings. The Kier molecular flexibility index (Phi) is 6.91. The van der Waals surface area contributed by atoms with Crippen LogP contribution >= 0.6 is 11.6 Å². The Bertz CT molecular complexity index is 1110. The first kappa shape index (κ1) is 22.1. The van der Waals surface area contributed by atoms with Gasteiger partial charge in [0.1, 0.15) is 22.9 Å². The van der Waals surface area contributed by atoms with Crippen molar-refractivity contribution in [1.82, 2.24) is 0 Å². The SMILES string of the molecule is COC(=O)c1ccc(C/C(F)=C/C(c2ccc(Cl)cc2)C2CC2)cc1Oc1ccccc1. The van der Waals surface area contributed by atoms with E-state index in [1.54, 1.807) is 36.4 Å². The van der Waals surface area contributed by atoms with Gasteiger partial charge in [0, 0.05) is 17.4 Å². The van der Waals surface area contributed by atoms with Gasteiger partial charge in [0.2, 0.25) is 0 Å². The van der Waals surface area contributed by atoms with Crippen LogP contribution in [0.1, 0.15) is 40.2 Å². The lowest BCUT2D eigenvalue weighted by Crippen LogP contribution is -2.05. The number of hydrogen-bond acceptors (Lipinski definition) is 3. The van der Waals surface area contributed by atoms with Crippen LogP contribution in [-0.2, 0) is 11.2 Å². The molecule has 4 rings (SSSR count). The summed E-state index contributed by atoms with van der Waals surface area (Å²) in [5, 5.41) is 0.671. The topological polar surface area (TPSA) is 35.5 Å². The highest BCUT2D eigenvalue weighted by Crippen LogP contribution is 2.44. The number of carbonyl (C=O) groups excluding carboxylic acids is 1. The minimum absolute atomic E-state index is 0.0293. The lowest BCUT2D eigenvalue weighted by Gasteiger charge is -2.14. The van der Waals surface area contributed by atoms with Gasteiger partial charge in [0.15, 0.2) is 0 Å². The van der Waals surface area contributed by atoms with Crippen LogP contribution < -0.4 is 4.74 Å². The number of rotatable bonds is 8. The third-order valence-electron chi connectivity index (χ3n) is 5.54. The average Bonchev–Trinajstić information content (AvgIpc) is 3.64. The maximum atomic E-state index is 15.1. The lowest BCUT2D eigenvalue weighted by atomic mass is 9.93. The van der Waals surface area contributed by atoms with Gasteiger partial charge in [-0.3, -0.25) is 0 Å². The Labute approximate surface area is 192 Å². The van der Waals surface area contributed by atoms with Gasteiger partial charge in [-0.05, 0) is 72.4 Å². The van der Waals surface area contributed by atoms with Crippen molar-refractivity contribution in [3.05, 3.63) is 106 Å². The summed E-state index contributed by atoms with van der Waals surface area (Å²) < 4.78 is 25.9. The molecular formula is C27H24ClFO3. The van der Waals surface area contributed by atoms with Gasteiger partial charge >= 0.3 is 5.97 Å². The summed E-state index contributed by atoms with van der Waals surface area (Å²) in [7, 11) is 1.32. The third kappa shape index (κ3) is 5.57. The first-order chi connectivity index (χ1) is 15.5. The van der Waals surface area contributed by atoms with Gasteiger partial charge < -0.3 is 9.47 Å². The largest absolute Gasteiger partial charge is 0.465 e. The van der Waals surface area contributed by atoms with Crippen molar-refractivity contribution in [2.75, 3.05) is 7.11 Å². The van der Waals surface area contributed by atoms with E-state index in [-0.39, 0.29) is 18.2 Å². The molecule has 0 radical (unpaired) electrons. The highest BCUT2D eigenvalue weighted by Gasteiger charge is 2.31. The predicted molar refractivity (Wildman–Crippen MR) is 124 cm³/mol. The Morgan fingerprint density at radius 2 is 1.81 bits per heavy atom. The van der Waals surface area contributed by atoms with Crippen LogP contribution in [0.15, 0.2) is 84.7 Å². The van der Waals surface area contributed by atoms with E-state index < -0.39 is 5.97 Å². The molecule has 3 aromatic rings. The molecule has 32 heavy (non-hydrogen) atoms. The van der Waals surface area contributed by atoms with Gasteiger partial charge in [-0.25, -0.2) is 9.18 Å². The van der Waals surface area contributed by atoms with Crippen molar-refractivity contribution in [3.8, 4) is 11.5 Å². The number of hydrogen-bond donors (Lipinski definition) is 0. The summed E-state index contributed by atoms with van der Waals surface area (Å²) in [6.45, 7) is 0. The van der Waals surface area contributed by atoms with Crippen molar-refractivity contribution in [2.45, 2.75) is 25.2 Å². The van der Waals surface area contributed by atoms with E-state index in [0.717, 1.165) is 18.4 Å². The molecular weight excluding hydrogens is 427 g/mol. The second-order valence-corrected chi connectivity index (χ2v) is 8.38. The van der Waals surface area contributed by atoms with Crippen LogP contribution in [0.2, 0.25) is 5.02 Å². The van der Waals surface area contributed by atoms with Crippen molar-refractivity contribution >= 4 is 17.6 Å². The molecule has 5 heteroatoms. The molecule has 1 atom stereocenters. The molecule has 1 unspecified atom stereocenters. The molecule has 0 N–H and O–H groups in total. The highest BCUT2D eigenvalue weighted by atomic mass is 35.5. The predicted octanol–water partition coefficient (Wildman–Crippen LogP) is 7.51. The number of esters is 1. The maximum absolute atomic E-state index is 15.1. The molecule has 3 aromatic carbocycles. The number of para-hydroxylation sites is 1. The minimum atomic E-state index is -0.505. The standard InChI is InChI=1S/C27H24ClFO3/c1-31-27(30)24-14-7-18(16-26(24)32-23-5-3-2-4-6-23)15-22(29)17-25(19-8-9-19)20-10-12-21(28)13-11-20/h2-7,10-14,16-17,19,25H,8-9,15H2,1H3/b22-17-. The maximum Gasteiger partial charge on any atom is 0.341 e. The molecule has 1 aliphatic carbocycles. The van der Waals surface area contributed by atoms with Gasteiger partial charge in [-0.15, -0.1) is 0 Å². The number of allylic oxidation sites excluding steroid dienone is 2. The summed E-state index contributed by atoms with van der Waals surface area (Å²) >= 11 is 6.01. The highest BCUT2D eigenvalue weighted by molar-refractivity contribution is 6.30. The van der Waals surface area contributed by atoms with E-state index in [0.29, 0.717) is 33.6 Å². The molecule has 0 saturated heterocycles. The Morgan fingerprint density at radius 1 is 1.09 bits per heavy atom. The van der Waals surface area contributed by atoms with E-state index >= 15 is 4.39 Å². The van der Waals surface area contributed by atoms with Crippen molar-refractivity contribution < 1.29 is 18.7 Å². The first-order valence-electron chi connectivity index (χ1n) is 10.6. The van der Waals surface area contributed by atoms with Crippen LogP contribution in [0.4, 0.5) is 4.39 Å². The minimum Gasteiger partial charge on any atom is -0.465 e. The van der Waals surface area contributed by atoms with Crippen molar-refractivity contribution in [2.24, 2.45) is 5.92 Å². The van der Waals surface area contributed by atoms with Crippen LogP contribution in [0, 0.1) is 5.92 Å². The number of ether oxygens (including phenoxy) is 2. The lowest BCUT2D eigenvalue weighted by molar-refractivity contribution is 0.0598. The van der Waals surface area contributed by atoms with Crippen LogP contribution in [0.25, 0.3) is 0 Å². The summed E-state index contributed by atoms with van der Waals surface area (Å²) in [4.78, 5) is 12.2. The molecule has 0 spiro atoms. The molecule has 0 aliphatic heterocycles. The van der Waals surface area contributed by atoms with Gasteiger partial charge in [-0.1, -0.05) is 48.0 Å². The monoisotopic (exact) mass is 450 g/mol. The number of methoxy groups -OCH3 is 1. The van der Waals surface area contributed by atoms with Crippen LogP contribution in [0.5, 0.6) is 11.5 Å². The average molecular weight is 451 g/mol. The molecule has 0 amide bonds. The summed E-state index contributed by atoms with van der Waals surface area (Å²) in [6, 6.07) is 21.8. The number of carbonyl (C=O) groups is 1. The quantitative estimate of drug-likeness (QED) is 0.333. The van der Waals surface area contributed by atoms with E-state index in [1.807, 2.05) is 42.5 Å². The molecule has 3 nitrogen and oxygen atoms in total. The van der Waals surface area contributed by atoms with E-state index in [1.165, 1.54) is 7.11 Å². The van der Waals surface area contributed by atoms with Crippen molar-refractivity contribution in [3.63, 3.8) is 0 Å². The molecule has 1 saturated carbocycles. The molecule has 0 aromatic heterocycles. The second-order valence-electron chi connectivity index (χ2n) is 7.94. The third-order valence-corrected chi connectivity index (χ3v) is 5.79. The molecule has 1 aliphatic rings. The summed E-state index contributed by atoms with van der Waals surface area (Å²) in [5.74, 6) is 0.692. The second kappa shape index (κ2) is 10.0. The van der Waals surface area contributed by atoms with Gasteiger partial charge in [-0.2, -0.15) is 0 Å². The number of halogens is 2. The van der Waals surface area contributed by atoms with Crippen molar-refractivity contribution in [1.29, 1.82) is 0 Å². The Morgan fingerprint density at radius 3 is 2.47 bits per heavy atom. The first-order valence-corrected chi connectivity index (χ1v) is 11.0. The van der Waals surface area contributed by atoms with Crippen LogP contribution in [0.3, 0.4) is 0 Å². The van der Waals surface area contributed by atoms with Gasteiger partial charge in [0.25, 0.3) is 0 Å². The zero-order valence-electron chi connectivity index (χ0n) is 17.8. The number of benzene rings is 3.